The molecule has 0 aliphatic heterocycles. The van der Waals surface area contributed by atoms with E-state index in [0.29, 0.717) is 11.4 Å². The Morgan fingerprint density at radius 2 is 0.971 bits per heavy atom. The summed E-state index contributed by atoms with van der Waals surface area (Å²) >= 11 is 6.03. The average molecular weight is 602 g/mol. The van der Waals surface area contributed by atoms with Gasteiger partial charge in [-0.3, -0.25) is 9.59 Å². The summed E-state index contributed by atoms with van der Waals surface area (Å²) in [7, 11) is 0. The van der Waals surface area contributed by atoms with E-state index in [9.17, 15) is 14.0 Å². The van der Waals surface area contributed by atoms with Crippen molar-refractivity contribution >= 4 is 55.0 Å². The molecule has 0 radical (unpaired) electrons. The van der Waals surface area contributed by atoms with E-state index < -0.39 is 17.4 Å². The molecule has 0 bridgehead atoms. The molecule has 0 saturated carbocycles. The molecular weight excluding hydrogens is 584 g/mol. The van der Waals surface area contributed by atoms with E-state index in [2.05, 4.69) is 42.5 Å². The van der Waals surface area contributed by atoms with E-state index in [1.807, 2.05) is 0 Å². The van der Waals surface area contributed by atoms with Gasteiger partial charge in [-0.05, 0) is 53.1 Å². The molecule has 0 aliphatic rings. The van der Waals surface area contributed by atoms with Gasteiger partial charge in [-0.1, -0.05) is 68.3 Å². The third-order valence-electron chi connectivity index (χ3n) is 5.15. The van der Waals surface area contributed by atoms with Gasteiger partial charge in [0.2, 0.25) is 11.8 Å². The summed E-state index contributed by atoms with van der Waals surface area (Å²) in [5.74, 6) is -1.37. The molecule has 3 rings (SSSR count). The van der Waals surface area contributed by atoms with Crippen molar-refractivity contribution in [3.8, 4) is 0 Å². The standard InChI is InChI=1S/C24H18Br2F4N2O2/c25-13-21(33)31-19-9-3-16(4-10-19)23(24(28,29)30,15-1-7-18(27)8-2-15)17-5-11-20(12-6-17)32-22(34)14-26/h1-12H,13-14H2,(H,31,33)(H,32,34). The van der Waals surface area contributed by atoms with Crippen molar-refractivity contribution in [1.29, 1.82) is 0 Å². The number of hydrogen-bond donors (Lipinski definition) is 2. The molecule has 10 heteroatoms. The van der Waals surface area contributed by atoms with Crippen LogP contribution >= 0.6 is 31.9 Å². The molecule has 3 aromatic rings. The molecule has 0 saturated heterocycles. The van der Waals surface area contributed by atoms with Gasteiger partial charge in [-0.25, -0.2) is 4.39 Å². The maximum absolute atomic E-state index is 15.0. The Kier molecular flexibility index (Phi) is 8.14. The van der Waals surface area contributed by atoms with E-state index in [-0.39, 0.29) is 39.2 Å². The van der Waals surface area contributed by atoms with Gasteiger partial charge in [-0.2, -0.15) is 13.2 Å². The molecule has 2 N–H and O–H groups in total. The van der Waals surface area contributed by atoms with Crippen LogP contribution < -0.4 is 10.6 Å². The Labute approximate surface area is 210 Å². The number of carbonyl (C=O) groups excluding carboxylic acids is 2. The van der Waals surface area contributed by atoms with Crippen molar-refractivity contribution in [1.82, 2.24) is 0 Å². The Balaban J connectivity index is 2.21. The normalized spacial score (nSPS) is 11.7. The molecule has 4 nitrogen and oxygen atoms in total. The predicted octanol–water partition coefficient (Wildman–Crippen LogP) is 6.39. The molecule has 0 aliphatic carbocycles. The molecule has 0 unspecified atom stereocenters. The SMILES string of the molecule is O=C(CBr)Nc1ccc(C(c2ccc(F)cc2)(c2ccc(NC(=O)CBr)cc2)C(F)(F)F)cc1. The number of amides is 2. The number of carbonyl (C=O) groups is 2. The van der Waals surface area contributed by atoms with Gasteiger partial charge in [0.1, 0.15) is 11.2 Å². The lowest BCUT2D eigenvalue weighted by molar-refractivity contribution is -0.166. The second-order valence-electron chi connectivity index (χ2n) is 7.27. The lowest BCUT2D eigenvalue weighted by atomic mass is 9.68. The lowest BCUT2D eigenvalue weighted by Gasteiger charge is -2.37. The first-order valence-corrected chi connectivity index (χ1v) is 12.1. The highest BCUT2D eigenvalue weighted by atomic mass is 79.9. The monoisotopic (exact) mass is 600 g/mol. The van der Waals surface area contributed by atoms with Crippen LogP contribution in [0, 0.1) is 5.82 Å². The van der Waals surface area contributed by atoms with Gasteiger partial charge in [0.05, 0.1) is 10.7 Å². The predicted molar refractivity (Wildman–Crippen MR) is 130 cm³/mol. The fourth-order valence-corrected chi connectivity index (χ4v) is 3.97. The molecule has 34 heavy (non-hydrogen) atoms. The van der Waals surface area contributed by atoms with Crippen LogP contribution in [0.2, 0.25) is 0 Å². The third-order valence-corrected chi connectivity index (χ3v) is 6.17. The number of halogens is 6. The van der Waals surface area contributed by atoms with Crippen LogP contribution in [0.15, 0.2) is 72.8 Å². The zero-order valence-corrected chi connectivity index (χ0v) is 20.6. The molecule has 0 atom stereocenters. The van der Waals surface area contributed by atoms with E-state index in [1.165, 1.54) is 48.5 Å². The molecule has 0 fully saturated rings. The topological polar surface area (TPSA) is 58.2 Å². The number of nitrogens with one attached hydrogen (secondary N) is 2. The van der Waals surface area contributed by atoms with Crippen LogP contribution in [0.1, 0.15) is 16.7 Å². The number of rotatable bonds is 7. The van der Waals surface area contributed by atoms with Crippen molar-refractivity contribution < 1.29 is 27.2 Å². The maximum atomic E-state index is 15.0. The molecular formula is C24H18Br2F4N2O2. The molecule has 2 amide bonds. The Morgan fingerprint density at radius 3 is 1.26 bits per heavy atom. The van der Waals surface area contributed by atoms with Crippen LogP contribution in [-0.4, -0.2) is 28.7 Å². The van der Waals surface area contributed by atoms with Crippen molar-refractivity contribution in [3.63, 3.8) is 0 Å². The smallest absolute Gasteiger partial charge is 0.325 e. The van der Waals surface area contributed by atoms with Gasteiger partial charge in [0.15, 0.2) is 0 Å². The summed E-state index contributed by atoms with van der Waals surface area (Å²) in [6.07, 6.45) is -4.83. The van der Waals surface area contributed by atoms with E-state index in [0.717, 1.165) is 24.3 Å². The minimum absolute atomic E-state index is 0.0365. The largest absolute Gasteiger partial charge is 0.406 e. The molecule has 0 spiro atoms. The molecule has 0 aromatic heterocycles. The summed E-state index contributed by atoms with van der Waals surface area (Å²) in [5, 5.41) is 5.21. The first-order chi connectivity index (χ1) is 16.1. The van der Waals surface area contributed by atoms with Crippen molar-refractivity contribution in [2.45, 2.75) is 11.6 Å². The Morgan fingerprint density at radius 1 is 0.647 bits per heavy atom. The average Bonchev–Trinajstić information content (AvgIpc) is 2.81. The maximum Gasteiger partial charge on any atom is 0.406 e. The van der Waals surface area contributed by atoms with E-state index >= 15 is 13.2 Å². The molecule has 3 aromatic carbocycles. The lowest BCUT2D eigenvalue weighted by Crippen LogP contribution is -2.44. The number of alkyl halides is 5. The Bertz CT molecular complexity index is 1090. The zero-order chi connectivity index (χ0) is 24.9. The summed E-state index contributed by atoms with van der Waals surface area (Å²) in [4.78, 5) is 23.2. The second-order valence-corrected chi connectivity index (χ2v) is 8.39. The van der Waals surface area contributed by atoms with Crippen LogP contribution in [-0.2, 0) is 15.0 Å². The van der Waals surface area contributed by atoms with Crippen LogP contribution in [0.3, 0.4) is 0 Å². The fourth-order valence-electron chi connectivity index (χ4n) is 3.69. The Hall–Kier alpha value is -2.72. The van der Waals surface area contributed by atoms with E-state index in [4.69, 9.17) is 0 Å². The third kappa shape index (κ3) is 5.33. The van der Waals surface area contributed by atoms with Gasteiger partial charge < -0.3 is 10.6 Å². The number of benzene rings is 3. The summed E-state index contributed by atoms with van der Waals surface area (Å²) in [6, 6.07) is 14.8. The van der Waals surface area contributed by atoms with Gasteiger partial charge in [0.25, 0.3) is 0 Å². The summed E-state index contributed by atoms with van der Waals surface area (Å²) in [6.45, 7) is 0. The second kappa shape index (κ2) is 10.7. The highest BCUT2D eigenvalue weighted by Gasteiger charge is 2.58. The van der Waals surface area contributed by atoms with Crippen molar-refractivity contribution in [2.75, 3.05) is 21.3 Å². The van der Waals surface area contributed by atoms with Gasteiger partial charge >= 0.3 is 6.18 Å². The number of hydrogen-bond acceptors (Lipinski definition) is 2. The summed E-state index contributed by atoms with van der Waals surface area (Å²) in [5.41, 5.74) is -2.42. The molecule has 178 valence electrons. The first-order valence-electron chi connectivity index (χ1n) is 9.87. The molecule has 0 heterocycles. The minimum Gasteiger partial charge on any atom is -0.325 e. The van der Waals surface area contributed by atoms with Gasteiger partial charge in [-0.15, -0.1) is 0 Å². The van der Waals surface area contributed by atoms with Crippen molar-refractivity contribution in [2.24, 2.45) is 0 Å². The fraction of sp³-hybridized carbons (Fsp3) is 0.167. The quantitative estimate of drug-likeness (QED) is 0.187. The van der Waals surface area contributed by atoms with Crippen LogP contribution in [0.25, 0.3) is 0 Å². The number of anilines is 2. The highest BCUT2D eigenvalue weighted by molar-refractivity contribution is 9.09. The van der Waals surface area contributed by atoms with Crippen LogP contribution in [0.4, 0.5) is 28.9 Å². The zero-order valence-electron chi connectivity index (χ0n) is 17.4. The summed E-state index contributed by atoms with van der Waals surface area (Å²) < 4.78 is 58.7. The van der Waals surface area contributed by atoms with Gasteiger partial charge in [0, 0.05) is 11.4 Å². The van der Waals surface area contributed by atoms with E-state index in [1.54, 1.807) is 0 Å². The highest BCUT2D eigenvalue weighted by Crippen LogP contribution is 2.51. The first kappa shape index (κ1) is 25.9. The minimum atomic E-state index is -4.83. The van der Waals surface area contributed by atoms with Crippen molar-refractivity contribution in [3.05, 3.63) is 95.3 Å². The van der Waals surface area contributed by atoms with Crippen LogP contribution in [0.5, 0.6) is 0 Å².